The summed E-state index contributed by atoms with van der Waals surface area (Å²) in [5.41, 5.74) is 4.48. The molecule has 0 spiro atoms. The van der Waals surface area contributed by atoms with E-state index in [0.29, 0.717) is 17.4 Å². The second kappa shape index (κ2) is 9.85. The molecule has 1 fully saturated rings. The Morgan fingerprint density at radius 3 is 2.79 bits per heavy atom. The van der Waals surface area contributed by atoms with Crippen LogP contribution in [0.1, 0.15) is 30.9 Å². The molecule has 4 aromatic rings. The standard InChI is InChI=1S/C26H28F2N6/c1-2-19-7-3-4-8-20(19)24-32-23-15-31-26(30-14-17-9-10-21(27)22(28)12-17)33-25(23)34(24)16-18-6-5-11-29-13-18/h3-4,7-10,12,15,18,29H,2,5-6,11,13-14,16H2,1H3,(H,30,31,33)/t18-/m1/s1. The summed E-state index contributed by atoms with van der Waals surface area (Å²) >= 11 is 0. The Bertz CT molecular complexity index is 1300. The highest BCUT2D eigenvalue weighted by atomic mass is 19.2. The number of piperidine rings is 1. The minimum atomic E-state index is -0.867. The van der Waals surface area contributed by atoms with Crippen molar-refractivity contribution in [1.82, 2.24) is 24.8 Å². The van der Waals surface area contributed by atoms with Gasteiger partial charge in [-0.3, -0.25) is 0 Å². The van der Waals surface area contributed by atoms with E-state index in [1.165, 1.54) is 11.6 Å². The van der Waals surface area contributed by atoms with E-state index in [2.05, 4.69) is 45.3 Å². The van der Waals surface area contributed by atoms with Crippen LogP contribution in [0.2, 0.25) is 0 Å². The maximum absolute atomic E-state index is 13.6. The molecule has 5 rings (SSSR count). The topological polar surface area (TPSA) is 67.7 Å². The number of fused-ring (bicyclic) bond motifs is 1. The molecule has 8 heteroatoms. The van der Waals surface area contributed by atoms with Gasteiger partial charge in [0.25, 0.3) is 0 Å². The smallest absolute Gasteiger partial charge is 0.225 e. The van der Waals surface area contributed by atoms with Gasteiger partial charge in [0.05, 0.1) is 6.20 Å². The van der Waals surface area contributed by atoms with Gasteiger partial charge in [0.2, 0.25) is 5.95 Å². The summed E-state index contributed by atoms with van der Waals surface area (Å²) in [6, 6.07) is 12.2. The molecule has 1 saturated heterocycles. The molecule has 1 aliphatic heterocycles. The lowest BCUT2D eigenvalue weighted by atomic mass is 9.99. The quantitative estimate of drug-likeness (QED) is 0.407. The first-order valence-electron chi connectivity index (χ1n) is 11.8. The largest absolute Gasteiger partial charge is 0.350 e. The number of nitrogens with one attached hydrogen (secondary N) is 2. The number of aryl methyl sites for hydroxylation is 1. The van der Waals surface area contributed by atoms with E-state index >= 15 is 0 Å². The second-order valence-corrected chi connectivity index (χ2v) is 8.77. The van der Waals surface area contributed by atoms with Gasteiger partial charge in [-0.25, -0.2) is 18.7 Å². The van der Waals surface area contributed by atoms with Crippen molar-refractivity contribution in [2.75, 3.05) is 18.4 Å². The van der Waals surface area contributed by atoms with E-state index < -0.39 is 11.6 Å². The summed E-state index contributed by atoms with van der Waals surface area (Å²) in [5, 5.41) is 6.64. The molecule has 0 bridgehead atoms. The van der Waals surface area contributed by atoms with E-state index in [1.807, 2.05) is 6.07 Å². The zero-order chi connectivity index (χ0) is 23.5. The van der Waals surface area contributed by atoms with E-state index in [-0.39, 0.29) is 6.54 Å². The highest BCUT2D eigenvalue weighted by molar-refractivity contribution is 5.78. The molecule has 0 radical (unpaired) electrons. The van der Waals surface area contributed by atoms with Crippen LogP contribution in [0.3, 0.4) is 0 Å². The summed E-state index contributed by atoms with van der Waals surface area (Å²) in [6.07, 6.45) is 4.96. The van der Waals surface area contributed by atoms with Crippen LogP contribution in [0.4, 0.5) is 14.7 Å². The highest BCUT2D eigenvalue weighted by Crippen LogP contribution is 2.29. The molecule has 3 heterocycles. The molecular formula is C26H28F2N6. The first kappa shape index (κ1) is 22.4. The second-order valence-electron chi connectivity index (χ2n) is 8.77. The van der Waals surface area contributed by atoms with Crippen LogP contribution < -0.4 is 10.6 Å². The molecule has 2 N–H and O–H groups in total. The number of aromatic nitrogens is 4. The molecule has 34 heavy (non-hydrogen) atoms. The van der Waals surface area contributed by atoms with Crippen molar-refractivity contribution in [3.63, 3.8) is 0 Å². The van der Waals surface area contributed by atoms with Crippen molar-refractivity contribution < 1.29 is 8.78 Å². The summed E-state index contributed by atoms with van der Waals surface area (Å²) in [6.45, 7) is 5.29. The van der Waals surface area contributed by atoms with Gasteiger partial charge in [-0.15, -0.1) is 0 Å². The summed E-state index contributed by atoms with van der Waals surface area (Å²) in [5.74, 6) is 0.101. The lowest BCUT2D eigenvalue weighted by Crippen LogP contribution is -2.32. The number of hydrogen-bond donors (Lipinski definition) is 2. The average molecular weight is 463 g/mol. The molecule has 6 nitrogen and oxygen atoms in total. The van der Waals surface area contributed by atoms with Crippen LogP contribution in [0.25, 0.3) is 22.6 Å². The Morgan fingerprint density at radius 1 is 1.12 bits per heavy atom. The molecule has 2 aromatic carbocycles. The Labute approximate surface area is 197 Å². The summed E-state index contributed by atoms with van der Waals surface area (Å²) in [7, 11) is 0. The molecule has 2 aromatic heterocycles. The number of anilines is 1. The zero-order valence-corrected chi connectivity index (χ0v) is 19.2. The number of halogens is 2. The fourth-order valence-electron chi connectivity index (χ4n) is 4.60. The van der Waals surface area contributed by atoms with Gasteiger partial charge in [0.1, 0.15) is 11.3 Å². The van der Waals surface area contributed by atoms with Crippen molar-refractivity contribution in [1.29, 1.82) is 0 Å². The van der Waals surface area contributed by atoms with Crippen molar-refractivity contribution in [2.45, 2.75) is 39.3 Å². The Balaban J connectivity index is 1.51. The Morgan fingerprint density at radius 2 is 2.00 bits per heavy atom. The van der Waals surface area contributed by atoms with Crippen molar-refractivity contribution in [3.05, 3.63) is 71.4 Å². The number of nitrogens with zero attached hydrogens (tertiary/aromatic N) is 4. The zero-order valence-electron chi connectivity index (χ0n) is 19.2. The fourth-order valence-corrected chi connectivity index (χ4v) is 4.60. The highest BCUT2D eigenvalue weighted by Gasteiger charge is 2.21. The maximum atomic E-state index is 13.6. The third-order valence-electron chi connectivity index (χ3n) is 6.40. The predicted octanol–water partition coefficient (Wildman–Crippen LogP) is 4.95. The molecule has 0 amide bonds. The monoisotopic (exact) mass is 462 g/mol. The van der Waals surface area contributed by atoms with Gasteiger partial charge in [-0.2, -0.15) is 4.98 Å². The maximum Gasteiger partial charge on any atom is 0.225 e. The van der Waals surface area contributed by atoms with Crippen LogP contribution in [0.5, 0.6) is 0 Å². The van der Waals surface area contributed by atoms with Crippen LogP contribution in [-0.4, -0.2) is 32.6 Å². The number of benzene rings is 2. The number of rotatable bonds is 7. The summed E-state index contributed by atoms with van der Waals surface area (Å²) in [4.78, 5) is 14.1. The van der Waals surface area contributed by atoms with Gasteiger partial charge >= 0.3 is 0 Å². The Kier molecular flexibility index (Phi) is 6.49. The predicted molar refractivity (Wildman–Crippen MR) is 129 cm³/mol. The van der Waals surface area contributed by atoms with Gasteiger partial charge < -0.3 is 15.2 Å². The molecule has 176 valence electrons. The normalized spacial score (nSPS) is 16.1. The number of hydrogen-bond acceptors (Lipinski definition) is 5. The number of imidazole rings is 1. The average Bonchev–Trinajstić information content (AvgIpc) is 3.22. The lowest BCUT2D eigenvalue weighted by Gasteiger charge is -2.24. The van der Waals surface area contributed by atoms with Crippen LogP contribution in [0, 0.1) is 17.6 Å². The molecule has 1 atom stereocenters. The van der Waals surface area contributed by atoms with E-state index in [9.17, 15) is 8.78 Å². The van der Waals surface area contributed by atoms with E-state index in [1.54, 1.807) is 12.3 Å². The van der Waals surface area contributed by atoms with Crippen LogP contribution >= 0.6 is 0 Å². The third kappa shape index (κ3) is 4.63. The van der Waals surface area contributed by atoms with E-state index in [4.69, 9.17) is 9.97 Å². The van der Waals surface area contributed by atoms with Crippen LogP contribution in [-0.2, 0) is 19.5 Å². The van der Waals surface area contributed by atoms with Crippen molar-refractivity contribution >= 4 is 17.1 Å². The third-order valence-corrected chi connectivity index (χ3v) is 6.40. The van der Waals surface area contributed by atoms with Crippen molar-refractivity contribution in [3.8, 4) is 11.4 Å². The Hall–Kier alpha value is -3.39. The SMILES string of the molecule is CCc1ccccc1-c1nc2cnc(NCc3ccc(F)c(F)c3)nc2n1C[C@@H]1CCCNC1. The fraction of sp³-hybridized carbons (Fsp3) is 0.346. The minimum absolute atomic E-state index is 0.287. The molecule has 1 aliphatic rings. The molecular weight excluding hydrogens is 434 g/mol. The first-order chi connectivity index (χ1) is 16.6. The molecule has 0 saturated carbocycles. The molecule has 0 aliphatic carbocycles. The van der Waals surface area contributed by atoms with Crippen molar-refractivity contribution in [2.24, 2.45) is 5.92 Å². The van der Waals surface area contributed by atoms with Gasteiger partial charge in [0.15, 0.2) is 17.3 Å². The van der Waals surface area contributed by atoms with Gasteiger partial charge in [-0.05, 0) is 61.5 Å². The lowest BCUT2D eigenvalue weighted by molar-refractivity contribution is 0.341. The summed E-state index contributed by atoms with van der Waals surface area (Å²) < 4.78 is 29.0. The molecule has 0 unspecified atom stereocenters. The minimum Gasteiger partial charge on any atom is -0.350 e. The van der Waals surface area contributed by atoms with E-state index in [0.717, 1.165) is 67.5 Å². The van der Waals surface area contributed by atoms with Gasteiger partial charge in [-0.1, -0.05) is 37.3 Å². The van der Waals surface area contributed by atoms with Crippen LogP contribution in [0.15, 0.2) is 48.7 Å². The first-order valence-corrected chi connectivity index (χ1v) is 11.8. The van der Waals surface area contributed by atoms with Gasteiger partial charge in [0, 0.05) is 18.7 Å².